The smallest absolute Gasteiger partial charge is 0.349 e. The van der Waals surface area contributed by atoms with E-state index in [0.717, 1.165) is 11.3 Å². The third-order valence-electron chi connectivity index (χ3n) is 1.64. The molecule has 0 amide bonds. The Hall–Kier alpha value is -1.81. The van der Waals surface area contributed by atoms with E-state index in [0.29, 0.717) is 0 Å². The average molecular weight is 193 g/mol. The first-order chi connectivity index (χ1) is 6.76. The summed E-state index contributed by atoms with van der Waals surface area (Å²) in [6.45, 7) is 0. The van der Waals surface area contributed by atoms with Gasteiger partial charge in [-0.2, -0.15) is 5.90 Å². The van der Waals surface area contributed by atoms with Crippen LogP contribution in [-0.4, -0.2) is 13.1 Å². The fourth-order valence-corrected chi connectivity index (χ4v) is 0.919. The number of benzene rings is 1. The Morgan fingerprint density at radius 3 is 2.50 bits per heavy atom. The second kappa shape index (κ2) is 5.04. The molecule has 1 rings (SSSR count). The summed E-state index contributed by atoms with van der Waals surface area (Å²) in [5.74, 6) is 4.85. The van der Waals surface area contributed by atoms with E-state index in [1.54, 1.807) is 25.3 Å². The van der Waals surface area contributed by atoms with Crippen LogP contribution in [0, 0.1) is 0 Å². The van der Waals surface area contributed by atoms with E-state index < -0.39 is 5.97 Å². The fraction of sp³-hybridized carbons (Fsp3) is 0.100. The van der Waals surface area contributed by atoms with Crippen molar-refractivity contribution in [3.05, 3.63) is 35.9 Å². The minimum absolute atomic E-state index is 0.583. The van der Waals surface area contributed by atoms with Crippen LogP contribution in [0.3, 0.4) is 0 Å². The second-order valence-electron chi connectivity index (χ2n) is 2.54. The Morgan fingerprint density at radius 2 is 2.00 bits per heavy atom. The molecule has 0 unspecified atom stereocenters. The molecule has 1 aromatic rings. The van der Waals surface area contributed by atoms with E-state index in [2.05, 4.69) is 10.7 Å². The molecule has 0 radical (unpaired) electrons. The van der Waals surface area contributed by atoms with Gasteiger partial charge in [0.15, 0.2) is 0 Å². The van der Waals surface area contributed by atoms with Crippen molar-refractivity contribution in [1.29, 1.82) is 0 Å². The molecule has 1 aromatic carbocycles. The predicted octanol–water partition coefficient (Wildman–Crippen LogP) is 1.13. The summed E-state index contributed by atoms with van der Waals surface area (Å²) >= 11 is 0. The van der Waals surface area contributed by atoms with Gasteiger partial charge in [0.25, 0.3) is 0 Å². The van der Waals surface area contributed by atoms with E-state index in [1.807, 2.05) is 12.1 Å². The molecule has 4 nitrogen and oxygen atoms in total. The van der Waals surface area contributed by atoms with E-state index >= 15 is 0 Å². The third kappa shape index (κ3) is 2.91. The number of nitrogens with two attached hydrogens (primary N) is 1. The summed E-state index contributed by atoms with van der Waals surface area (Å²) in [7, 11) is 1.59. The van der Waals surface area contributed by atoms with Crippen LogP contribution in [0.2, 0.25) is 0 Å². The highest BCUT2D eigenvalue weighted by Crippen LogP contribution is 2.12. The van der Waals surface area contributed by atoms with Crippen LogP contribution in [0.4, 0.5) is 0 Å². The summed E-state index contributed by atoms with van der Waals surface area (Å²) in [6.07, 6.45) is 2.86. The molecule has 0 heterocycles. The molecule has 14 heavy (non-hydrogen) atoms. The molecule has 2 N–H and O–H groups in total. The summed E-state index contributed by atoms with van der Waals surface area (Å²) in [6, 6.07) is 7.24. The number of hydrogen-bond donors (Lipinski definition) is 1. The highest BCUT2D eigenvalue weighted by atomic mass is 16.7. The number of carbonyl (C=O) groups excluding carboxylic acids is 1. The van der Waals surface area contributed by atoms with Crippen LogP contribution < -0.4 is 10.6 Å². The van der Waals surface area contributed by atoms with E-state index in [4.69, 9.17) is 4.74 Å². The van der Waals surface area contributed by atoms with Gasteiger partial charge in [0.05, 0.1) is 7.11 Å². The van der Waals surface area contributed by atoms with Gasteiger partial charge >= 0.3 is 5.97 Å². The molecule has 74 valence electrons. The van der Waals surface area contributed by atoms with Crippen LogP contribution in [-0.2, 0) is 9.63 Å². The summed E-state index contributed by atoms with van der Waals surface area (Å²) in [5, 5.41) is 0. The quantitative estimate of drug-likeness (QED) is 0.577. The molecule has 0 aliphatic carbocycles. The maximum Gasteiger partial charge on any atom is 0.349 e. The predicted molar refractivity (Wildman–Crippen MR) is 52.3 cm³/mol. The molecule has 0 spiro atoms. The van der Waals surface area contributed by atoms with Crippen LogP contribution in [0.25, 0.3) is 6.08 Å². The topological polar surface area (TPSA) is 61.5 Å². The normalized spacial score (nSPS) is 10.1. The van der Waals surface area contributed by atoms with Crippen molar-refractivity contribution in [3.8, 4) is 5.75 Å². The number of methoxy groups -OCH3 is 1. The average Bonchev–Trinajstić information content (AvgIpc) is 2.26. The lowest BCUT2D eigenvalue weighted by Crippen LogP contribution is -2.05. The van der Waals surface area contributed by atoms with Crippen molar-refractivity contribution < 1.29 is 14.4 Å². The van der Waals surface area contributed by atoms with Gasteiger partial charge in [0.2, 0.25) is 0 Å². The fourth-order valence-electron chi connectivity index (χ4n) is 0.919. The molecular weight excluding hydrogens is 182 g/mol. The zero-order chi connectivity index (χ0) is 10.4. The van der Waals surface area contributed by atoms with Crippen molar-refractivity contribution in [1.82, 2.24) is 0 Å². The molecule has 0 saturated carbocycles. The lowest BCUT2D eigenvalue weighted by atomic mass is 10.2. The number of rotatable bonds is 3. The molecule has 0 saturated heterocycles. The van der Waals surface area contributed by atoms with Crippen LogP contribution in [0.5, 0.6) is 5.75 Å². The van der Waals surface area contributed by atoms with Gasteiger partial charge in [0, 0.05) is 6.08 Å². The van der Waals surface area contributed by atoms with Gasteiger partial charge in [-0.3, -0.25) is 0 Å². The molecule has 0 aliphatic rings. The second-order valence-corrected chi connectivity index (χ2v) is 2.54. The maximum atomic E-state index is 10.6. The Kier molecular flexibility index (Phi) is 3.69. The zero-order valence-electron chi connectivity index (χ0n) is 7.77. The van der Waals surface area contributed by atoms with Gasteiger partial charge in [-0.05, 0) is 23.8 Å². The lowest BCUT2D eigenvalue weighted by Gasteiger charge is -1.98. The maximum absolute atomic E-state index is 10.6. The van der Waals surface area contributed by atoms with Crippen LogP contribution in [0.15, 0.2) is 30.3 Å². The molecule has 0 aliphatic heterocycles. The van der Waals surface area contributed by atoms with Crippen LogP contribution >= 0.6 is 0 Å². The van der Waals surface area contributed by atoms with Crippen molar-refractivity contribution in [2.24, 2.45) is 5.90 Å². The molecule has 0 fully saturated rings. The van der Waals surface area contributed by atoms with Gasteiger partial charge in [-0.25, -0.2) is 4.79 Å². The highest BCUT2D eigenvalue weighted by molar-refractivity contribution is 5.86. The van der Waals surface area contributed by atoms with E-state index in [-0.39, 0.29) is 0 Å². The Labute approximate surface area is 81.9 Å². The summed E-state index contributed by atoms with van der Waals surface area (Å²) in [4.78, 5) is 14.6. The van der Waals surface area contributed by atoms with Crippen molar-refractivity contribution in [3.63, 3.8) is 0 Å². The van der Waals surface area contributed by atoms with E-state index in [9.17, 15) is 4.79 Å². The summed E-state index contributed by atoms with van der Waals surface area (Å²) in [5.41, 5.74) is 0.871. The first kappa shape index (κ1) is 10.3. The van der Waals surface area contributed by atoms with Crippen LogP contribution in [0.1, 0.15) is 5.56 Å². The third-order valence-corrected chi connectivity index (χ3v) is 1.64. The SMILES string of the molecule is COc1ccc(C=CC(=O)ON)cc1. The molecule has 0 bridgehead atoms. The minimum atomic E-state index is -0.583. The van der Waals surface area contributed by atoms with Crippen molar-refractivity contribution in [2.45, 2.75) is 0 Å². The first-order valence-corrected chi connectivity index (χ1v) is 3.99. The highest BCUT2D eigenvalue weighted by Gasteiger charge is 1.93. The molecule has 0 aromatic heterocycles. The summed E-state index contributed by atoms with van der Waals surface area (Å²) < 4.78 is 4.98. The Balaban J connectivity index is 2.68. The number of carbonyl (C=O) groups is 1. The largest absolute Gasteiger partial charge is 0.497 e. The number of hydrogen-bond acceptors (Lipinski definition) is 4. The van der Waals surface area contributed by atoms with Gasteiger partial charge in [0.1, 0.15) is 5.75 Å². The first-order valence-electron chi connectivity index (χ1n) is 3.99. The van der Waals surface area contributed by atoms with Gasteiger partial charge < -0.3 is 9.57 Å². The van der Waals surface area contributed by atoms with Crippen molar-refractivity contribution >= 4 is 12.0 Å². The molecular formula is C10H11NO3. The van der Waals surface area contributed by atoms with Crippen molar-refractivity contribution in [2.75, 3.05) is 7.11 Å². The zero-order valence-corrected chi connectivity index (χ0v) is 7.77. The van der Waals surface area contributed by atoms with Gasteiger partial charge in [-0.1, -0.05) is 12.1 Å². The molecule has 0 atom stereocenters. The Bertz CT molecular complexity index is 330. The van der Waals surface area contributed by atoms with E-state index in [1.165, 1.54) is 6.08 Å². The standard InChI is InChI=1S/C10H11NO3/c1-13-9-5-2-8(3-6-9)4-7-10(12)14-11/h2-7H,11H2,1H3. The minimum Gasteiger partial charge on any atom is -0.497 e. The van der Waals surface area contributed by atoms with Gasteiger partial charge in [-0.15, -0.1) is 0 Å². The molecule has 4 heteroatoms. The monoisotopic (exact) mass is 193 g/mol. The Morgan fingerprint density at radius 1 is 1.36 bits per heavy atom. The number of ether oxygens (including phenoxy) is 1. The lowest BCUT2D eigenvalue weighted by molar-refractivity contribution is -0.138.